The van der Waals surface area contributed by atoms with Crippen LogP contribution in [0.3, 0.4) is 0 Å². The standard InChI is InChI=1S/C18H18N2O4S/c1-11(2)14(16-19-13-8-9-25-15(13)17(21)24-16)20-18(22)23-10-12-6-4-3-5-7-12/h3-9,11,14H,10H2,1-2H3,(H,20,22)/t14-/m0/s1. The summed E-state index contributed by atoms with van der Waals surface area (Å²) in [7, 11) is 0. The molecule has 25 heavy (non-hydrogen) atoms. The molecule has 130 valence electrons. The number of carbonyl (C=O) groups excluding carboxylic acids is 1. The van der Waals surface area contributed by atoms with Crippen LogP contribution in [0.1, 0.15) is 31.3 Å². The van der Waals surface area contributed by atoms with E-state index in [0.717, 1.165) is 5.56 Å². The van der Waals surface area contributed by atoms with Crippen molar-refractivity contribution in [2.45, 2.75) is 26.5 Å². The van der Waals surface area contributed by atoms with E-state index in [-0.39, 0.29) is 18.4 Å². The molecule has 0 bridgehead atoms. The lowest BCUT2D eigenvalue weighted by molar-refractivity contribution is 0.129. The average Bonchev–Trinajstić information content (AvgIpc) is 3.07. The number of thiophene rings is 1. The highest BCUT2D eigenvalue weighted by atomic mass is 32.1. The molecular formula is C18H18N2O4S. The van der Waals surface area contributed by atoms with Crippen LogP contribution >= 0.6 is 11.3 Å². The lowest BCUT2D eigenvalue weighted by atomic mass is 10.0. The SMILES string of the molecule is CC(C)[C@H](NC(=O)OCc1ccccc1)c1nc2ccsc2c(=O)o1. The van der Waals surface area contributed by atoms with Gasteiger partial charge in [0.15, 0.2) is 0 Å². The van der Waals surface area contributed by atoms with Gasteiger partial charge in [-0.2, -0.15) is 0 Å². The molecule has 3 rings (SSSR count). The minimum atomic E-state index is -0.586. The van der Waals surface area contributed by atoms with Gasteiger partial charge in [-0.3, -0.25) is 0 Å². The van der Waals surface area contributed by atoms with Crippen molar-refractivity contribution < 1.29 is 13.9 Å². The topological polar surface area (TPSA) is 81.4 Å². The van der Waals surface area contributed by atoms with Gasteiger partial charge in [0.2, 0.25) is 5.89 Å². The van der Waals surface area contributed by atoms with Crippen LogP contribution in [-0.2, 0) is 11.3 Å². The lowest BCUT2D eigenvalue weighted by Gasteiger charge is -2.20. The lowest BCUT2D eigenvalue weighted by Crippen LogP contribution is -2.33. The van der Waals surface area contributed by atoms with E-state index in [4.69, 9.17) is 9.15 Å². The second kappa shape index (κ2) is 7.48. The van der Waals surface area contributed by atoms with E-state index in [0.29, 0.717) is 10.2 Å². The molecule has 0 radical (unpaired) electrons. The molecule has 6 nitrogen and oxygen atoms in total. The summed E-state index contributed by atoms with van der Waals surface area (Å²) in [5.41, 5.74) is 1.02. The van der Waals surface area contributed by atoms with Crippen molar-refractivity contribution in [1.82, 2.24) is 10.3 Å². The number of ether oxygens (including phenoxy) is 1. The Morgan fingerprint density at radius 3 is 2.76 bits per heavy atom. The molecule has 7 heteroatoms. The molecule has 1 amide bonds. The number of benzene rings is 1. The van der Waals surface area contributed by atoms with Crippen LogP contribution in [0.5, 0.6) is 0 Å². The number of rotatable bonds is 5. The quantitative estimate of drug-likeness (QED) is 0.749. The smallest absolute Gasteiger partial charge is 0.408 e. The van der Waals surface area contributed by atoms with E-state index < -0.39 is 17.8 Å². The van der Waals surface area contributed by atoms with Crippen LogP contribution in [0.2, 0.25) is 0 Å². The molecule has 0 fully saturated rings. The second-order valence-corrected chi connectivity index (χ2v) is 6.82. The largest absolute Gasteiger partial charge is 0.445 e. The van der Waals surface area contributed by atoms with Gasteiger partial charge >= 0.3 is 11.7 Å². The molecule has 3 aromatic rings. The van der Waals surface area contributed by atoms with Gasteiger partial charge < -0.3 is 14.5 Å². The zero-order chi connectivity index (χ0) is 17.8. The molecule has 0 unspecified atom stereocenters. The number of nitrogens with zero attached hydrogens (tertiary/aromatic N) is 1. The number of aromatic nitrogens is 1. The summed E-state index contributed by atoms with van der Waals surface area (Å²) in [6.45, 7) is 3.97. The molecular weight excluding hydrogens is 340 g/mol. The number of hydrogen-bond donors (Lipinski definition) is 1. The third-order valence-corrected chi connectivity index (χ3v) is 4.56. The third-order valence-electron chi connectivity index (χ3n) is 3.68. The summed E-state index contributed by atoms with van der Waals surface area (Å²) < 4.78 is 11.0. The first-order valence-corrected chi connectivity index (χ1v) is 8.78. The predicted molar refractivity (Wildman–Crippen MR) is 95.5 cm³/mol. The summed E-state index contributed by atoms with van der Waals surface area (Å²) in [5, 5.41) is 4.52. The number of carbonyl (C=O) groups is 1. The molecule has 0 saturated heterocycles. The number of fused-ring (bicyclic) bond motifs is 1. The van der Waals surface area contributed by atoms with E-state index in [1.807, 2.05) is 44.2 Å². The molecule has 0 aliphatic heterocycles. The number of hydrogen-bond acceptors (Lipinski definition) is 6. The van der Waals surface area contributed by atoms with Gasteiger partial charge in [0.05, 0.1) is 5.52 Å². The maximum atomic E-state index is 12.1. The van der Waals surface area contributed by atoms with Crippen molar-refractivity contribution in [1.29, 1.82) is 0 Å². The van der Waals surface area contributed by atoms with Crippen molar-refractivity contribution in [2.24, 2.45) is 5.92 Å². The average molecular weight is 358 g/mol. The van der Waals surface area contributed by atoms with Gasteiger partial charge in [0, 0.05) is 0 Å². The van der Waals surface area contributed by atoms with E-state index in [1.54, 1.807) is 11.4 Å². The van der Waals surface area contributed by atoms with Gasteiger partial charge in [0.25, 0.3) is 0 Å². The van der Waals surface area contributed by atoms with Crippen molar-refractivity contribution in [3.8, 4) is 0 Å². The fraction of sp³-hybridized carbons (Fsp3) is 0.278. The fourth-order valence-electron chi connectivity index (χ4n) is 2.36. The van der Waals surface area contributed by atoms with Gasteiger partial charge in [-0.25, -0.2) is 14.6 Å². The second-order valence-electron chi connectivity index (χ2n) is 5.90. The van der Waals surface area contributed by atoms with Crippen molar-refractivity contribution in [2.75, 3.05) is 0 Å². The number of alkyl carbamates (subject to hydrolysis) is 1. The molecule has 1 aromatic carbocycles. The maximum Gasteiger partial charge on any atom is 0.408 e. The zero-order valence-corrected chi connectivity index (χ0v) is 14.7. The van der Waals surface area contributed by atoms with Crippen LogP contribution in [0.15, 0.2) is 51.0 Å². The molecule has 2 aromatic heterocycles. The zero-order valence-electron chi connectivity index (χ0n) is 13.9. The first kappa shape index (κ1) is 17.2. The highest BCUT2D eigenvalue weighted by Gasteiger charge is 2.24. The molecule has 2 heterocycles. The van der Waals surface area contributed by atoms with Gasteiger partial charge in [-0.15, -0.1) is 11.3 Å². The monoisotopic (exact) mass is 358 g/mol. The predicted octanol–water partition coefficient (Wildman–Crippen LogP) is 3.87. The van der Waals surface area contributed by atoms with Crippen LogP contribution in [-0.4, -0.2) is 11.1 Å². The first-order chi connectivity index (χ1) is 12.0. The van der Waals surface area contributed by atoms with Gasteiger partial charge in [-0.1, -0.05) is 44.2 Å². The van der Waals surface area contributed by atoms with E-state index in [9.17, 15) is 9.59 Å². The van der Waals surface area contributed by atoms with E-state index in [1.165, 1.54) is 11.3 Å². The van der Waals surface area contributed by atoms with Crippen LogP contribution in [0, 0.1) is 5.92 Å². The van der Waals surface area contributed by atoms with E-state index >= 15 is 0 Å². The minimum Gasteiger partial charge on any atom is -0.445 e. The first-order valence-electron chi connectivity index (χ1n) is 7.90. The fourth-order valence-corrected chi connectivity index (χ4v) is 3.07. The highest BCUT2D eigenvalue weighted by molar-refractivity contribution is 7.17. The molecule has 0 aliphatic carbocycles. The molecule has 0 spiro atoms. The van der Waals surface area contributed by atoms with Crippen molar-refractivity contribution in [3.05, 3.63) is 63.7 Å². The molecule has 1 N–H and O–H groups in total. The minimum absolute atomic E-state index is 0.0315. The molecule has 1 atom stereocenters. The summed E-state index contributed by atoms with van der Waals surface area (Å²) in [6.07, 6.45) is -0.586. The normalized spacial score (nSPS) is 12.3. The Hall–Kier alpha value is -2.67. The number of amides is 1. The Balaban J connectivity index is 1.74. The molecule has 0 aliphatic rings. The Morgan fingerprint density at radius 1 is 1.28 bits per heavy atom. The van der Waals surface area contributed by atoms with Gasteiger partial charge in [-0.05, 0) is 22.9 Å². The summed E-state index contributed by atoms with van der Waals surface area (Å²) in [5.74, 6) is 0.151. The van der Waals surface area contributed by atoms with Crippen LogP contribution in [0.25, 0.3) is 10.2 Å². The van der Waals surface area contributed by atoms with Gasteiger partial charge in [0.1, 0.15) is 17.3 Å². The Labute approximate surface area is 148 Å². The summed E-state index contributed by atoms with van der Waals surface area (Å²) >= 11 is 1.28. The Bertz CT molecular complexity index is 917. The van der Waals surface area contributed by atoms with Crippen molar-refractivity contribution in [3.63, 3.8) is 0 Å². The highest BCUT2D eigenvalue weighted by Crippen LogP contribution is 2.23. The summed E-state index contributed by atoms with van der Waals surface area (Å²) in [6, 6.07) is 10.6. The van der Waals surface area contributed by atoms with Crippen LogP contribution in [0.4, 0.5) is 4.79 Å². The maximum absolute atomic E-state index is 12.1. The third kappa shape index (κ3) is 4.06. The Morgan fingerprint density at radius 2 is 2.04 bits per heavy atom. The summed E-state index contributed by atoms with van der Waals surface area (Å²) in [4.78, 5) is 28.5. The Kier molecular flexibility index (Phi) is 5.14. The van der Waals surface area contributed by atoms with Crippen LogP contribution < -0.4 is 10.9 Å². The van der Waals surface area contributed by atoms with E-state index in [2.05, 4.69) is 10.3 Å². The molecule has 0 saturated carbocycles. The number of nitrogens with one attached hydrogen (secondary N) is 1. The van der Waals surface area contributed by atoms with Crippen molar-refractivity contribution >= 4 is 27.6 Å².